The van der Waals surface area contributed by atoms with Gasteiger partial charge in [-0.25, -0.2) is 0 Å². The largest absolute Gasteiger partial charge is 0.393 e. The SMILES string of the molecule is CCC(C)O.[Mg]. The Morgan fingerprint density at radius 1 is 1.67 bits per heavy atom. The van der Waals surface area contributed by atoms with Crippen molar-refractivity contribution < 1.29 is 5.11 Å². The van der Waals surface area contributed by atoms with Crippen LogP contribution in [0.5, 0.6) is 0 Å². The Labute approximate surface area is 54.9 Å². The normalized spacial score (nSPS) is 12.5. The van der Waals surface area contributed by atoms with Gasteiger partial charge in [0, 0.05) is 23.1 Å². The van der Waals surface area contributed by atoms with Crippen LogP contribution in [0.3, 0.4) is 0 Å². The number of hydrogen-bond acceptors (Lipinski definition) is 1. The maximum atomic E-state index is 8.36. The third kappa shape index (κ3) is 8.83. The summed E-state index contributed by atoms with van der Waals surface area (Å²) in [6, 6.07) is 0. The predicted molar refractivity (Wildman–Crippen MR) is 27.7 cm³/mol. The molecule has 0 bridgehead atoms. The minimum absolute atomic E-state index is 0. The quantitative estimate of drug-likeness (QED) is 0.471. The average molecular weight is 98.4 g/mol. The molecule has 0 aliphatic rings. The van der Waals surface area contributed by atoms with Gasteiger partial charge in [0.2, 0.25) is 0 Å². The molecule has 1 unspecified atom stereocenters. The van der Waals surface area contributed by atoms with Gasteiger partial charge in [-0.3, -0.25) is 0 Å². The van der Waals surface area contributed by atoms with Gasteiger partial charge in [0.05, 0.1) is 6.10 Å². The Balaban J connectivity index is 0. The number of aliphatic hydroxyl groups is 1. The fourth-order valence-electron chi connectivity index (χ4n) is 0. The molecule has 0 aromatic rings. The molecule has 1 N–H and O–H groups in total. The summed E-state index contributed by atoms with van der Waals surface area (Å²) < 4.78 is 0. The topological polar surface area (TPSA) is 20.2 Å². The maximum absolute atomic E-state index is 8.36. The zero-order chi connectivity index (χ0) is 4.28. The van der Waals surface area contributed by atoms with Crippen LogP contribution in [0.25, 0.3) is 0 Å². The van der Waals surface area contributed by atoms with E-state index in [2.05, 4.69) is 0 Å². The molecular weight excluding hydrogens is 88.3 g/mol. The van der Waals surface area contributed by atoms with Crippen molar-refractivity contribution in [2.24, 2.45) is 0 Å². The molecule has 2 radical (unpaired) electrons. The van der Waals surface area contributed by atoms with E-state index in [1.54, 1.807) is 6.92 Å². The highest BCUT2D eigenvalue weighted by molar-refractivity contribution is 5.75. The van der Waals surface area contributed by atoms with Crippen LogP contribution in [0.2, 0.25) is 0 Å². The van der Waals surface area contributed by atoms with Crippen LogP contribution in [-0.2, 0) is 0 Å². The molecular formula is C4H10MgO. The third-order valence-corrected chi connectivity index (χ3v) is 0.591. The van der Waals surface area contributed by atoms with E-state index in [1.165, 1.54) is 0 Å². The Bertz CT molecular complexity index is 21.5. The monoisotopic (exact) mass is 98.1 g/mol. The molecule has 6 heavy (non-hydrogen) atoms. The van der Waals surface area contributed by atoms with Gasteiger partial charge in [0.1, 0.15) is 0 Å². The lowest BCUT2D eigenvalue weighted by Gasteiger charge is -1.90. The minimum Gasteiger partial charge on any atom is -0.393 e. The molecule has 0 aliphatic heterocycles. The molecule has 2 heteroatoms. The number of hydrogen-bond donors (Lipinski definition) is 1. The van der Waals surface area contributed by atoms with Crippen LogP contribution in [0.15, 0.2) is 0 Å². The van der Waals surface area contributed by atoms with Crippen molar-refractivity contribution in [2.75, 3.05) is 0 Å². The lowest BCUT2D eigenvalue weighted by molar-refractivity contribution is 0.191. The third-order valence-electron chi connectivity index (χ3n) is 0.591. The molecule has 0 aromatic carbocycles. The highest BCUT2D eigenvalue weighted by Crippen LogP contribution is 1.81. The van der Waals surface area contributed by atoms with Crippen molar-refractivity contribution >= 4 is 23.1 Å². The van der Waals surface area contributed by atoms with Gasteiger partial charge in [-0.05, 0) is 13.3 Å². The molecule has 1 atom stereocenters. The molecule has 34 valence electrons. The molecule has 0 spiro atoms. The van der Waals surface area contributed by atoms with E-state index in [4.69, 9.17) is 5.11 Å². The highest BCUT2D eigenvalue weighted by Gasteiger charge is 1.81. The van der Waals surface area contributed by atoms with Gasteiger partial charge < -0.3 is 5.11 Å². The minimum atomic E-state index is -0.116. The van der Waals surface area contributed by atoms with Crippen LogP contribution >= 0.6 is 0 Å². The second kappa shape index (κ2) is 5.73. The van der Waals surface area contributed by atoms with Crippen LogP contribution in [0.4, 0.5) is 0 Å². The first kappa shape index (κ1) is 9.87. The van der Waals surface area contributed by atoms with E-state index < -0.39 is 0 Å². The average Bonchev–Trinajstić information content (AvgIpc) is 1.38. The fourth-order valence-corrected chi connectivity index (χ4v) is 0. The Hall–Kier alpha value is 0.726. The summed E-state index contributed by atoms with van der Waals surface area (Å²) in [7, 11) is 0. The lowest BCUT2D eigenvalue weighted by Crippen LogP contribution is -1.93. The van der Waals surface area contributed by atoms with Crippen molar-refractivity contribution in [2.45, 2.75) is 26.4 Å². The van der Waals surface area contributed by atoms with Gasteiger partial charge >= 0.3 is 0 Å². The van der Waals surface area contributed by atoms with Crippen molar-refractivity contribution in [1.82, 2.24) is 0 Å². The summed E-state index contributed by atoms with van der Waals surface area (Å²) in [4.78, 5) is 0. The molecule has 0 amide bonds. The molecule has 0 saturated heterocycles. The Morgan fingerprint density at radius 2 is 1.83 bits per heavy atom. The molecule has 0 fully saturated rings. The summed E-state index contributed by atoms with van der Waals surface area (Å²) >= 11 is 0. The van der Waals surface area contributed by atoms with E-state index >= 15 is 0 Å². The Kier molecular flexibility index (Phi) is 9.42. The van der Waals surface area contributed by atoms with Crippen molar-refractivity contribution in [3.05, 3.63) is 0 Å². The second-order valence-electron chi connectivity index (χ2n) is 1.26. The van der Waals surface area contributed by atoms with Crippen LogP contribution in [0.1, 0.15) is 20.3 Å². The van der Waals surface area contributed by atoms with E-state index in [1.807, 2.05) is 6.92 Å². The van der Waals surface area contributed by atoms with Crippen molar-refractivity contribution in [3.63, 3.8) is 0 Å². The van der Waals surface area contributed by atoms with E-state index in [0.29, 0.717) is 0 Å². The van der Waals surface area contributed by atoms with Crippen molar-refractivity contribution in [3.8, 4) is 0 Å². The second-order valence-corrected chi connectivity index (χ2v) is 1.26. The van der Waals surface area contributed by atoms with Gasteiger partial charge in [-0.1, -0.05) is 6.92 Å². The molecule has 0 heterocycles. The summed E-state index contributed by atoms with van der Waals surface area (Å²) in [6.07, 6.45) is 0.745. The van der Waals surface area contributed by atoms with Gasteiger partial charge in [0.15, 0.2) is 0 Å². The molecule has 1 nitrogen and oxygen atoms in total. The van der Waals surface area contributed by atoms with Gasteiger partial charge in [-0.15, -0.1) is 0 Å². The van der Waals surface area contributed by atoms with Crippen LogP contribution in [-0.4, -0.2) is 34.3 Å². The van der Waals surface area contributed by atoms with E-state index in [-0.39, 0.29) is 29.2 Å². The fraction of sp³-hybridized carbons (Fsp3) is 1.00. The van der Waals surface area contributed by atoms with Crippen LogP contribution in [0, 0.1) is 0 Å². The zero-order valence-electron chi connectivity index (χ0n) is 4.44. The standard InChI is InChI=1S/C4H10O.Mg/c1-3-4(2)5;/h4-5H,3H2,1-2H3;. The summed E-state index contributed by atoms with van der Waals surface area (Å²) in [5, 5.41) is 8.36. The molecule has 0 rings (SSSR count). The highest BCUT2D eigenvalue weighted by atomic mass is 24.3. The summed E-state index contributed by atoms with van der Waals surface area (Å²) in [5.74, 6) is 0. The maximum Gasteiger partial charge on any atom is 0.0509 e. The van der Waals surface area contributed by atoms with E-state index in [9.17, 15) is 0 Å². The lowest BCUT2D eigenvalue weighted by atomic mass is 10.3. The number of rotatable bonds is 1. The smallest absolute Gasteiger partial charge is 0.0509 e. The van der Waals surface area contributed by atoms with E-state index in [0.717, 1.165) is 6.42 Å². The predicted octanol–water partition coefficient (Wildman–Crippen LogP) is 0.396. The summed E-state index contributed by atoms with van der Waals surface area (Å²) in [6.45, 7) is 3.73. The first-order chi connectivity index (χ1) is 2.27. The van der Waals surface area contributed by atoms with Gasteiger partial charge in [0.25, 0.3) is 0 Å². The van der Waals surface area contributed by atoms with Gasteiger partial charge in [-0.2, -0.15) is 0 Å². The molecule has 0 aliphatic carbocycles. The molecule has 0 saturated carbocycles. The van der Waals surface area contributed by atoms with Crippen molar-refractivity contribution in [1.29, 1.82) is 0 Å². The summed E-state index contributed by atoms with van der Waals surface area (Å²) in [5.41, 5.74) is 0. The number of aliphatic hydroxyl groups excluding tert-OH is 1. The first-order valence-corrected chi connectivity index (χ1v) is 1.95. The Morgan fingerprint density at radius 3 is 1.83 bits per heavy atom. The molecule has 0 aromatic heterocycles. The van der Waals surface area contributed by atoms with Crippen LogP contribution < -0.4 is 0 Å². The zero-order valence-corrected chi connectivity index (χ0v) is 5.85. The first-order valence-electron chi connectivity index (χ1n) is 1.95.